The molecule has 1 N–H and O–H groups in total. The second kappa shape index (κ2) is 6.86. The molecule has 21 heavy (non-hydrogen) atoms. The third kappa shape index (κ3) is 4.40. The second-order valence-corrected chi connectivity index (χ2v) is 5.96. The molecule has 0 saturated heterocycles. The minimum absolute atomic E-state index is 0.156. The number of hydrogen-bond acceptors (Lipinski definition) is 1. The van der Waals surface area contributed by atoms with Crippen molar-refractivity contribution in [2.45, 2.75) is 39.7 Å². The highest BCUT2D eigenvalue weighted by atomic mass is 19.1. The first kappa shape index (κ1) is 15.7. The third-order valence-corrected chi connectivity index (χ3v) is 3.95. The summed E-state index contributed by atoms with van der Waals surface area (Å²) in [5, 5.41) is 3.36. The Balaban J connectivity index is 2.14. The van der Waals surface area contributed by atoms with Gasteiger partial charge < -0.3 is 5.32 Å². The van der Waals surface area contributed by atoms with Gasteiger partial charge >= 0.3 is 0 Å². The van der Waals surface area contributed by atoms with Crippen LogP contribution in [-0.2, 0) is 12.8 Å². The molecule has 2 aromatic rings. The van der Waals surface area contributed by atoms with E-state index >= 15 is 0 Å². The molecule has 2 aromatic carbocycles. The van der Waals surface area contributed by atoms with Gasteiger partial charge in [0.15, 0.2) is 0 Å². The highest BCUT2D eigenvalue weighted by molar-refractivity contribution is 5.31. The van der Waals surface area contributed by atoms with E-state index in [1.807, 2.05) is 20.0 Å². The molecule has 0 heterocycles. The first-order valence-electron chi connectivity index (χ1n) is 7.47. The van der Waals surface area contributed by atoms with Crippen LogP contribution in [0.2, 0.25) is 0 Å². The van der Waals surface area contributed by atoms with E-state index in [9.17, 15) is 4.39 Å². The molecule has 0 spiro atoms. The summed E-state index contributed by atoms with van der Waals surface area (Å²) < 4.78 is 13.4. The normalized spacial score (nSPS) is 12.4. The van der Waals surface area contributed by atoms with E-state index in [0.29, 0.717) is 6.04 Å². The Kier molecular flexibility index (Phi) is 5.13. The van der Waals surface area contributed by atoms with Gasteiger partial charge in [0.1, 0.15) is 5.82 Å². The van der Waals surface area contributed by atoms with Crippen molar-refractivity contribution in [3.05, 3.63) is 70.0 Å². The van der Waals surface area contributed by atoms with Gasteiger partial charge in [-0.2, -0.15) is 0 Å². The molecule has 0 aliphatic heterocycles. The fourth-order valence-corrected chi connectivity index (χ4v) is 2.87. The fraction of sp³-hybridized carbons (Fsp3) is 0.368. The second-order valence-electron chi connectivity index (χ2n) is 5.96. The molecule has 1 nitrogen and oxygen atoms in total. The average Bonchev–Trinajstić information content (AvgIpc) is 2.41. The zero-order valence-corrected chi connectivity index (χ0v) is 13.3. The van der Waals surface area contributed by atoms with E-state index in [4.69, 9.17) is 0 Å². The molecular formula is C19H24FN. The molecule has 112 valence electrons. The van der Waals surface area contributed by atoms with Crippen molar-refractivity contribution < 1.29 is 4.39 Å². The molecule has 0 aliphatic carbocycles. The summed E-state index contributed by atoms with van der Waals surface area (Å²) >= 11 is 0. The van der Waals surface area contributed by atoms with Crippen LogP contribution >= 0.6 is 0 Å². The summed E-state index contributed by atoms with van der Waals surface area (Å²) in [4.78, 5) is 0. The first-order chi connectivity index (χ1) is 9.97. The molecular weight excluding hydrogens is 261 g/mol. The fourth-order valence-electron chi connectivity index (χ4n) is 2.87. The number of rotatable bonds is 5. The molecule has 2 rings (SSSR count). The molecule has 0 amide bonds. The lowest BCUT2D eigenvalue weighted by Gasteiger charge is -2.18. The van der Waals surface area contributed by atoms with Crippen LogP contribution < -0.4 is 5.32 Å². The van der Waals surface area contributed by atoms with Crippen molar-refractivity contribution in [2.24, 2.45) is 0 Å². The van der Waals surface area contributed by atoms with Crippen LogP contribution in [-0.4, -0.2) is 13.1 Å². The van der Waals surface area contributed by atoms with E-state index in [-0.39, 0.29) is 5.82 Å². The van der Waals surface area contributed by atoms with E-state index < -0.39 is 0 Å². The molecule has 0 aromatic heterocycles. The number of halogens is 1. The summed E-state index contributed by atoms with van der Waals surface area (Å²) in [6, 6.07) is 12.0. The predicted octanol–water partition coefficient (Wildman–Crippen LogP) is 4.12. The summed E-state index contributed by atoms with van der Waals surface area (Å²) in [5.41, 5.74) is 6.15. The van der Waals surface area contributed by atoms with Crippen LogP contribution in [0.1, 0.15) is 27.8 Å². The first-order valence-corrected chi connectivity index (χ1v) is 7.47. The summed E-state index contributed by atoms with van der Waals surface area (Å²) in [5.74, 6) is -0.156. The van der Waals surface area contributed by atoms with Crippen molar-refractivity contribution in [1.82, 2.24) is 5.32 Å². The van der Waals surface area contributed by atoms with E-state index in [0.717, 1.165) is 24.0 Å². The van der Waals surface area contributed by atoms with Crippen molar-refractivity contribution >= 4 is 0 Å². The number of hydrogen-bond donors (Lipinski definition) is 1. The summed E-state index contributed by atoms with van der Waals surface area (Å²) in [6.45, 7) is 6.29. The van der Waals surface area contributed by atoms with Crippen LogP contribution in [0.25, 0.3) is 0 Å². The Bertz CT molecular complexity index is 599. The third-order valence-electron chi connectivity index (χ3n) is 3.95. The van der Waals surface area contributed by atoms with Gasteiger partial charge in [-0.05, 0) is 69.5 Å². The number of benzene rings is 2. The van der Waals surface area contributed by atoms with Crippen molar-refractivity contribution in [3.8, 4) is 0 Å². The van der Waals surface area contributed by atoms with Gasteiger partial charge in [0, 0.05) is 6.04 Å². The quantitative estimate of drug-likeness (QED) is 0.871. The van der Waals surface area contributed by atoms with Gasteiger partial charge in [0.05, 0.1) is 0 Å². The van der Waals surface area contributed by atoms with Crippen LogP contribution in [0.5, 0.6) is 0 Å². The lowest BCUT2D eigenvalue weighted by Crippen LogP contribution is -2.30. The largest absolute Gasteiger partial charge is 0.316 e. The average molecular weight is 285 g/mol. The van der Waals surface area contributed by atoms with E-state index in [2.05, 4.69) is 37.4 Å². The SMILES string of the molecule is CNC(Cc1cc(C)cc(C)c1)Cc1cc(F)ccc1C. The Labute approximate surface area is 127 Å². The zero-order chi connectivity index (χ0) is 15.4. The van der Waals surface area contributed by atoms with Gasteiger partial charge in [0.25, 0.3) is 0 Å². The van der Waals surface area contributed by atoms with E-state index in [1.54, 1.807) is 6.07 Å². The molecule has 0 bridgehead atoms. The van der Waals surface area contributed by atoms with Crippen LogP contribution in [0.3, 0.4) is 0 Å². The molecule has 0 radical (unpaired) electrons. The van der Waals surface area contributed by atoms with E-state index in [1.165, 1.54) is 22.8 Å². The highest BCUT2D eigenvalue weighted by Crippen LogP contribution is 2.16. The molecule has 2 heteroatoms. The standard InChI is InChI=1S/C19H24FN/c1-13-7-14(2)9-16(8-13)10-19(21-4)12-17-11-18(20)6-5-15(17)3/h5-9,11,19,21H,10,12H2,1-4H3. The smallest absolute Gasteiger partial charge is 0.123 e. The maximum absolute atomic E-state index is 13.4. The Morgan fingerprint density at radius 3 is 2.24 bits per heavy atom. The summed E-state index contributed by atoms with van der Waals surface area (Å²) in [6.07, 6.45) is 1.79. The summed E-state index contributed by atoms with van der Waals surface area (Å²) in [7, 11) is 1.97. The lowest BCUT2D eigenvalue weighted by molar-refractivity contribution is 0.551. The van der Waals surface area contributed by atoms with Crippen LogP contribution in [0, 0.1) is 26.6 Å². The van der Waals surface area contributed by atoms with Crippen LogP contribution in [0.15, 0.2) is 36.4 Å². The van der Waals surface area contributed by atoms with Crippen LogP contribution in [0.4, 0.5) is 4.39 Å². The Hall–Kier alpha value is -1.67. The predicted molar refractivity (Wildman–Crippen MR) is 87.3 cm³/mol. The molecule has 0 fully saturated rings. The minimum Gasteiger partial charge on any atom is -0.316 e. The van der Waals surface area contributed by atoms with Gasteiger partial charge in [-0.1, -0.05) is 35.4 Å². The van der Waals surface area contributed by atoms with Crippen molar-refractivity contribution in [1.29, 1.82) is 0 Å². The Morgan fingerprint density at radius 2 is 1.62 bits per heavy atom. The molecule has 0 saturated carbocycles. The molecule has 1 atom stereocenters. The number of likely N-dealkylation sites (N-methyl/N-ethyl adjacent to an activating group) is 1. The number of aryl methyl sites for hydroxylation is 3. The highest BCUT2D eigenvalue weighted by Gasteiger charge is 2.11. The topological polar surface area (TPSA) is 12.0 Å². The zero-order valence-electron chi connectivity index (χ0n) is 13.3. The van der Waals surface area contributed by atoms with Crippen molar-refractivity contribution in [2.75, 3.05) is 7.05 Å². The molecule has 0 aliphatic rings. The van der Waals surface area contributed by atoms with Gasteiger partial charge in [-0.25, -0.2) is 4.39 Å². The minimum atomic E-state index is -0.156. The lowest BCUT2D eigenvalue weighted by atomic mass is 9.95. The maximum Gasteiger partial charge on any atom is 0.123 e. The Morgan fingerprint density at radius 1 is 0.952 bits per heavy atom. The maximum atomic E-state index is 13.4. The van der Waals surface area contributed by atoms with Gasteiger partial charge in [-0.15, -0.1) is 0 Å². The molecule has 1 unspecified atom stereocenters. The van der Waals surface area contributed by atoms with Gasteiger partial charge in [-0.3, -0.25) is 0 Å². The van der Waals surface area contributed by atoms with Gasteiger partial charge in [0.2, 0.25) is 0 Å². The monoisotopic (exact) mass is 285 g/mol. The van der Waals surface area contributed by atoms with Crippen molar-refractivity contribution in [3.63, 3.8) is 0 Å². The number of nitrogens with one attached hydrogen (secondary N) is 1.